The van der Waals surface area contributed by atoms with Gasteiger partial charge in [-0.25, -0.2) is 9.50 Å². The molecule has 0 aliphatic carbocycles. The number of aryl methyl sites for hydroxylation is 1. The van der Waals surface area contributed by atoms with Crippen molar-refractivity contribution in [1.29, 1.82) is 5.26 Å². The van der Waals surface area contributed by atoms with Crippen molar-refractivity contribution in [3.05, 3.63) is 54.7 Å². The van der Waals surface area contributed by atoms with Gasteiger partial charge < -0.3 is 4.90 Å². The minimum absolute atomic E-state index is 0.181. The Bertz CT molecular complexity index is 1380. The minimum atomic E-state index is 0.181. The molecule has 0 saturated carbocycles. The monoisotopic (exact) mass is 472 g/mol. The zero-order chi connectivity index (χ0) is 23.7. The third-order valence-corrected chi connectivity index (χ3v) is 7.79. The van der Waals surface area contributed by atoms with Crippen molar-refractivity contribution in [2.24, 2.45) is 17.3 Å². The van der Waals surface area contributed by atoms with Crippen LogP contribution in [0.5, 0.6) is 0 Å². The fraction of sp³-hybridized carbons (Fsp3) is 0.360. The summed E-state index contributed by atoms with van der Waals surface area (Å²) in [5.74, 6) is 3.82. The van der Waals surface area contributed by atoms with Gasteiger partial charge in [-0.1, -0.05) is 24.5 Å². The van der Waals surface area contributed by atoms with E-state index < -0.39 is 0 Å². The molecule has 5 rings (SSSR count). The van der Waals surface area contributed by atoms with Crippen molar-refractivity contribution in [2.45, 2.75) is 13.8 Å². The molecule has 0 radical (unpaired) electrons. The van der Waals surface area contributed by atoms with E-state index in [1.54, 1.807) is 15.4 Å². The molecule has 5 heterocycles. The van der Waals surface area contributed by atoms with Crippen LogP contribution in [0, 0.1) is 17.2 Å². The van der Waals surface area contributed by atoms with Gasteiger partial charge in [0.2, 0.25) is 0 Å². The first-order valence-electron chi connectivity index (χ1n) is 11.5. The fourth-order valence-electron chi connectivity index (χ4n) is 4.14. The summed E-state index contributed by atoms with van der Waals surface area (Å²) in [5.41, 5.74) is 5.21. The highest BCUT2D eigenvalue weighted by molar-refractivity contribution is 7.87. The van der Waals surface area contributed by atoms with E-state index >= 15 is 0 Å². The first-order chi connectivity index (χ1) is 16.5. The van der Waals surface area contributed by atoms with Crippen LogP contribution < -0.4 is 4.90 Å². The molecule has 0 spiro atoms. The summed E-state index contributed by atoms with van der Waals surface area (Å²) in [5, 5.41) is 18.4. The minimum Gasteiger partial charge on any atom is -0.355 e. The van der Waals surface area contributed by atoms with Crippen molar-refractivity contribution < 1.29 is 0 Å². The third kappa shape index (κ3) is 4.46. The van der Waals surface area contributed by atoms with Gasteiger partial charge in [-0.3, -0.25) is 9.04 Å². The second-order valence-electron chi connectivity index (χ2n) is 8.98. The Hall–Kier alpha value is -3.51. The molecule has 0 amide bonds. The molecule has 0 atom stereocenters. The Morgan fingerprint density at radius 1 is 1.06 bits per heavy atom. The molecule has 34 heavy (non-hydrogen) atoms. The molecule has 8 nitrogen and oxygen atoms in total. The lowest BCUT2D eigenvalue weighted by Gasteiger charge is -2.29. The Morgan fingerprint density at radius 3 is 2.53 bits per heavy atom. The molecule has 0 N–H and O–H groups in total. The number of nitrogens with zero attached hydrogens (tertiary/aromatic N) is 8. The van der Waals surface area contributed by atoms with Gasteiger partial charge in [0, 0.05) is 79.0 Å². The SMILES string of the molecule is CC(C)CN=S1CCN(c2ccc(-c3cc(-c4cnn(C)c4)cn4ncc(C#N)c34)cn2)CC1. The zero-order valence-electron chi connectivity index (χ0n) is 19.7. The van der Waals surface area contributed by atoms with Gasteiger partial charge in [0.05, 0.1) is 23.5 Å². The van der Waals surface area contributed by atoms with Crippen LogP contribution in [0.3, 0.4) is 0 Å². The Labute approximate surface area is 202 Å². The number of hydrogen-bond donors (Lipinski definition) is 0. The van der Waals surface area contributed by atoms with E-state index in [-0.39, 0.29) is 10.7 Å². The topological polar surface area (TPSA) is 87.4 Å². The molecule has 1 aliphatic rings. The van der Waals surface area contributed by atoms with Gasteiger partial charge in [0.1, 0.15) is 11.9 Å². The Morgan fingerprint density at radius 2 is 1.88 bits per heavy atom. The Balaban J connectivity index is 1.45. The predicted molar refractivity (Wildman–Crippen MR) is 137 cm³/mol. The number of anilines is 1. The highest BCUT2D eigenvalue weighted by Gasteiger charge is 2.18. The number of rotatable bonds is 5. The summed E-state index contributed by atoms with van der Waals surface area (Å²) in [7, 11) is 2.08. The molecule has 1 aliphatic heterocycles. The van der Waals surface area contributed by atoms with Crippen molar-refractivity contribution in [2.75, 3.05) is 36.0 Å². The van der Waals surface area contributed by atoms with Crippen molar-refractivity contribution in [1.82, 2.24) is 24.4 Å². The normalized spacial score (nSPS) is 14.6. The number of fused-ring (bicyclic) bond motifs is 1. The summed E-state index contributed by atoms with van der Waals surface area (Å²) in [4.78, 5) is 7.15. The molecule has 1 saturated heterocycles. The molecule has 9 heteroatoms. The van der Waals surface area contributed by atoms with Crippen LogP contribution in [0.25, 0.3) is 27.8 Å². The lowest BCUT2D eigenvalue weighted by Crippen LogP contribution is -2.38. The average Bonchev–Trinajstić information content (AvgIpc) is 3.48. The van der Waals surface area contributed by atoms with E-state index in [1.807, 2.05) is 31.8 Å². The molecule has 0 bridgehead atoms. The maximum Gasteiger partial charge on any atom is 0.128 e. The van der Waals surface area contributed by atoms with Crippen LogP contribution in [-0.2, 0) is 17.7 Å². The Kier molecular flexibility index (Phi) is 6.16. The van der Waals surface area contributed by atoms with Gasteiger partial charge >= 0.3 is 0 Å². The maximum atomic E-state index is 9.64. The maximum absolute atomic E-state index is 9.64. The van der Waals surface area contributed by atoms with Crippen LogP contribution in [-0.4, -0.2) is 55.5 Å². The van der Waals surface area contributed by atoms with E-state index in [1.165, 1.54) is 0 Å². The smallest absolute Gasteiger partial charge is 0.128 e. The number of nitriles is 1. The van der Waals surface area contributed by atoms with Gasteiger partial charge in [-0.05, 0) is 24.1 Å². The van der Waals surface area contributed by atoms with Gasteiger partial charge in [-0.2, -0.15) is 15.5 Å². The molecule has 4 aromatic rings. The van der Waals surface area contributed by atoms with Crippen LogP contribution >= 0.6 is 0 Å². The first kappa shape index (κ1) is 22.3. The highest BCUT2D eigenvalue weighted by Crippen LogP contribution is 2.32. The molecular formula is C25H28N8S. The zero-order valence-corrected chi connectivity index (χ0v) is 20.5. The lowest BCUT2D eigenvalue weighted by molar-refractivity contribution is 0.669. The third-order valence-electron chi connectivity index (χ3n) is 5.97. The fourth-order valence-corrected chi connectivity index (χ4v) is 5.98. The van der Waals surface area contributed by atoms with E-state index in [0.717, 1.165) is 64.7 Å². The summed E-state index contributed by atoms with van der Waals surface area (Å²) in [6.45, 7) is 7.37. The summed E-state index contributed by atoms with van der Waals surface area (Å²) >= 11 is 0. The summed E-state index contributed by atoms with van der Waals surface area (Å²) in [6, 6.07) is 8.54. The molecule has 0 unspecified atom stereocenters. The van der Waals surface area contributed by atoms with Crippen LogP contribution in [0.2, 0.25) is 0 Å². The highest BCUT2D eigenvalue weighted by atomic mass is 32.2. The number of pyridine rings is 2. The van der Waals surface area contributed by atoms with E-state index in [0.29, 0.717) is 11.5 Å². The van der Waals surface area contributed by atoms with E-state index in [4.69, 9.17) is 9.35 Å². The molecular weight excluding hydrogens is 444 g/mol. The number of aromatic nitrogens is 5. The quantitative estimate of drug-likeness (QED) is 0.439. The molecule has 4 aromatic heterocycles. The standard InChI is InChI=1S/C25H28N8S/c1-18(2)12-30-34-8-6-32(7-9-34)24-5-4-19(13-27-24)23-10-20(22-15-28-31(3)16-22)17-33-25(23)21(11-26)14-29-33/h4-5,10,13-18H,6-9,12H2,1-3H3. The van der Waals surface area contributed by atoms with Crippen molar-refractivity contribution in [3.63, 3.8) is 0 Å². The lowest BCUT2D eigenvalue weighted by atomic mass is 10.0. The average molecular weight is 473 g/mol. The van der Waals surface area contributed by atoms with E-state index in [9.17, 15) is 5.26 Å². The predicted octanol–water partition coefficient (Wildman–Crippen LogP) is 3.95. The first-order valence-corrected chi connectivity index (χ1v) is 13.0. The number of hydrogen-bond acceptors (Lipinski definition) is 6. The van der Waals surface area contributed by atoms with Crippen LogP contribution in [0.15, 0.2) is 53.5 Å². The summed E-state index contributed by atoms with van der Waals surface area (Å²) in [6.07, 6.45) is 9.26. The van der Waals surface area contributed by atoms with Gasteiger partial charge in [0.25, 0.3) is 0 Å². The van der Waals surface area contributed by atoms with Crippen LogP contribution in [0.1, 0.15) is 19.4 Å². The largest absolute Gasteiger partial charge is 0.355 e. The molecule has 0 aromatic carbocycles. The van der Waals surface area contributed by atoms with Gasteiger partial charge in [0.15, 0.2) is 0 Å². The van der Waals surface area contributed by atoms with Gasteiger partial charge in [-0.15, -0.1) is 0 Å². The second kappa shape index (κ2) is 9.39. The van der Waals surface area contributed by atoms with E-state index in [2.05, 4.69) is 53.2 Å². The van der Waals surface area contributed by atoms with Crippen molar-refractivity contribution in [3.8, 4) is 28.3 Å². The summed E-state index contributed by atoms with van der Waals surface area (Å²) < 4.78 is 8.43. The van der Waals surface area contributed by atoms with Crippen LogP contribution in [0.4, 0.5) is 5.82 Å². The molecule has 1 fully saturated rings. The van der Waals surface area contributed by atoms with Crippen molar-refractivity contribution >= 4 is 22.0 Å². The second-order valence-corrected chi connectivity index (χ2v) is 11.0. The molecule has 174 valence electrons.